The Morgan fingerprint density at radius 2 is 1.45 bits per heavy atom. The van der Waals surface area contributed by atoms with Crippen molar-refractivity contribution in [2.45, 2.75) is 71.6 Å². The molecule has 0 heterocycles. The van der Waals surface area contributed by atoms with Gasteiger partial charge in [-0.05, 0) is 12.8 Å². The molecule has 0 fully saturated rings. The van der Waals surface area contributed by atoms with Gasteiger partial charge in [0.05, 0.1) is 19.3 Å². The predicted octanol–water partition coefficient (Wildman–Crippen LogP) is 3.90. The lowest BCUT2D eigenvalue weighted by molar-refractivity contribution is -0.138. The fraction of sp³-hybridized carbons (Fsp3) is 0.812. The van der Waals surface area contributed by atoms with E-state index in [2.05, 4.69) is 6.92 Å². The summed E-state index contributed by atoms with van der Waals surface area (Å²) in [6.07, 6.45) is 11.9. The molecule has 0 unspecified atom stereocenters. The fourth-order valence-electron chi connectivity index (χ4n) is 1.83. The highest BCUT2D eigenvalue weighted by Crippen LogP contribution is 2.08. The van der Waals surface area contributed by atoms with Crippen molar-refractivity contribution in [1.82, 2.24) is 0 Å². The smallest absolute Gasteiger partial charge is 0.336 e. The largest absolute Gasteiger partial charge is 0.479 e. The zero-order valence-corrected chi connectivity index (χ0v) is 13.2. The number of carbonyl (C=O) groups is 1. The van der Waals surface area contributed by atoms with E-state index >= 15 is 0 Å². The molecule has 118 valence electrons. The van der Waals surface area contributed by atoms with Crippen molar-refractivity contribution < 1.29 is 14.3 Å². The van der Waals surface area contributed by atoms with Gasteiger partial charge >= 0.3 is 5.97 Å². The minimum atomic E-state index is -0.415. The van der Waals surface area contributed by atoms with Crippen molar-refractivity contribution in [3.05, 3.63) is 12.0 Å². The van der Waals surface area contributed by atoms with Crippen LogP contribution >= 0.6 is 0 Å². The summed E-state index contributed by atoms with van der Waals surface area (Å²) in [6, 6.07) is 0. The van der Waals surface area contributed by atoms with Crippen LogP contribution in [0.4, 0.5) is 0 Å². The molecule has 0 spiro atoms. The van der Waals surface area contributed by atoms with Crippen LogP contribution in [0.15, 0.2) is 12.0 Å². The number of rotatable bonds is 13. The Balaban J connectivity index is 3.39. The lowest BCUT2D eigenvalue weighted by Gasteiger charge is -2.05. The number of hydrogen-bond donors (Lipinski definition) is 1. The van der Waals surface area contributed by atoms with Crippen LogP contribution in [0.2, 0.25) is 0 Å². The van der Waals surface area contributed by atoms with Gasteiger partial charge in [0, 0.05) is 0 Å². The molecule has 0 rings (SSSR count). The summed E-state index contributed by atoms with van der Waals surface area (Å²) in [5.41, 5.74) is 5.51. The molecular weight excluding hydrogens is 254 g/mol. The highest BCUT2D eigenvalue weighted by molar-refractivity contribution is 5.82. The molecule has 0 aliphatic carbocycles. The van der Waals surface area contributed by atoms with Gasteiger partial charge < -0.3 is 15.2 Å². The topological polar surface area (TPSA) is 61.5 Å². The van der Waals surface area contributed by atoms with Crippen LogP contribution in [0.5, 0.6) is 0 Å². The molecule has 0 amide bonds. The maximum Gasteiger partial charge on any atom is 0.336 e. The fourth-order valence-corrected chi connectivity index (χ4v) is 1.83. The van der Waals surface area contributed by atoms with Crippen LogP contribution in [0.25, 0.3) is 0 Å². The number of esters is 1. The Labute approximate surface area is 123 Å². The van der Waals surface area contributed by atoms with E-state index in [1.807, 2.05) is 6.92 Å². The molecule has 0 radical (unpaired) electrons. The molecule has 0 saturated heterocycles. The Kier molecular flexibility index (Phi) is 13.4. The highest BCUT2D eigenvalue weighted by atomic mass is 16.5. The van der Waals surface area contributed by atoms with Gasteiger partial charge in [-0.3, -0.25) is 0 Å². The summed E-state index contributed by atoms with van der Waals surface area (Å²) in [7, 11) is 0. The number of unbranched alkanes of at least 4 members (excludes halogenated alkanes) is 7. The van der Waals surface area contributed by atoms with Gasteiger partial charge in [0.1, 0.15) is 0 Å². The van der Waals surface area contributed by atoms with Crippen molar-refractivity contribution in [1.29, 1.82) is 0 Å². The van der Waals surface area contributed by atoms with Gasteiger partial charge in [0.2, 0.25) is 0 Å². The Morgan fingerprint density at radius 1 is 0.850 bits per heavy atom. The molecule has 0 aromatic carbocycles. The maximum absolute atomic E-state index is 11.4. The van der Waals surface area contributed by atoms with E-state index in [9.17, 15) is 4.79 Å². The molecule has 0 aromatic rings. The summed E-state index contributed by atoms with van der Waals surface area (Å²) in [5, 5.41) is 0. The monoisotopic (exact) mass is 285 g/mol. The average Bonchev–Trinajstić information content (AvgIpc) is 2.43. The van der Waals surface area contributed by atoms with Gasteiger partial charge in [0.25, 0.3) is 0 Å². The molecule has 0 aliphatic rings. The first-order valence-electron chi connectivity index (χ1n) is 7.97. The van der Waals surface area contributed by atoms with Crippen LogP contribution < -0.4 is 5.73 Å². The molecule has 0 atom stereocenters. The van der Waals surface area contributed by atoms with E-state index in [0.717, 1.165) is 19.3 Å². The first-order valence-corrected chi connectivity index (χ1v) is 7.97. The molecule has 2 N–H and O–H groups in total. The van der Waals surface area contributed by atoms with Gasteiger partial charge in [0.15, 0.2) is 5.88 Å². The van der Waals surface area contributed by atoms with Crippen LogP contribution in [0, 0.1) is 0 Å². The standard InChI is InChI=1S/C16H31NO3/c1-3-5-6-7-8-9-10-11-13-20-16(18)14-15(17)19-12-4-2/h14H,3-13,17H2,1-2H3. The van der Waals surface area contributed by atoms with E-state index in [-0.39, 0.29) is 5.88 Å². The van der Waals surface area contributed by atoms with Crippen LogP contribution in [-0.4, -0.2) is 19.2 Å². The second-order valence-corrected chi connectivity index (χ2v) is 5.04. The zero-order valence-electron chi connectivity index (χ0n) is 13.2. The first kappa shape index (κ1) is 18.8. The minimum Gasteiger partial charge on any atom is -0.479 e. The summed E-state index contributed by atoms with van der Waals surface area (Å²) in [5.74, 6) is -0.283. The van der Waals surface area contributed by atoms with E-state index in [4.69, 9.17) is 15.2 Å². The first-order chi connectivity index (χ1) is 9.70. The molecule has 4 nitrogen and oxygen atoms in total. The molecule has 0 bridgehead atoms. The lowest BCUT2D eigenvalue weighted by Crippen LogP contribution is -2.09. The number of hydrogen-bond acceptors (Lipinski definition) is 4. The van der Waals surface area contributed by atoms with Crippen LogP contribution in [0.1, 0.15) is 71.6 Å². The van der Waals surface area contributed by atoms with Crippen LogP contribution in [-0.2, 0) is 14.3 Å². The second-order valence-electron chi connectivity index (χ2n) is 5.04. The molecule has 20 heavy (non-hydrogen) atoms. The molecule has 0 saturated carbocycles. The lowest BCUT2D eigenvalue weighted by atomic mass is 10.1. The number of ether oxygens (including phenoxy) is 2. The van der Waals surface area contributed by atoms with Crippen molar-refractivity contribution in [2.24, 2.45) is 5.73 Å². The SMILES string of the molecule is CCCCCCCCCCOC(=O)C=C(N)OCCC. The highest BCUT2D eigenvalue weighted by Gasteiger charge is 2.01. The molecular formula is C16H31NO3. The van der Waals surface area contributed by atoms with Gasteiger partial charge in [-0.1, -0.05) is 58.8 Å². The van der Waals surface area contributed by atoms with E-state index in [1.165, 1.54) is 44.6 Å². The van der Waals surface area contributed by atoms with Crippen molar-refractivity contribution in [3.63, 3.8) is 0 Å². The number of carbonyl (C=O) groups excluding carboxylic acids is 1. The van der Waals surface area contributed by atoms with Gasteiger partial charge in [-0.25, -0.2) is 4.79 Å². The quantitative estimate of drug-likeness (QED) is 0.241. The predicted molar refractivity (Wildman–Crippen MR) is 82.1 cm³/mol. The molecule has 0 aromatic heterocycles. The third kappa shape index (κ3) is 13.2. The number of nitrogens with two attached hydrogens (primary N) is 1. The van der Waals surface area contributed by atoms with Crippen molar-refractivity contribution >= 4 is 5.97 Å². The molecule has 4 heteroatoms. The van der Waals surface area contributed by atoms with Crippen LogP contribution in [0.3, 0.4) is 0 Å². The summed E-state index contributed by atoms with van der Waals surface area (Å²) in [4.78, 5) is 11.4. The Bertz CT molecular complexity index is 264. The van der Waals surface area contributed by atoms with Gasteiger partial charge in [-0.2, -0.15) is 0 Å². The van der Waals surface area contributed by atoms with Crippen molar-refractivity contribution in [2.75, 3.05) is 13.2 Å². The Morgan fingerprint density at radius 3 is 2.05 bits per heavy atom. The zero-order chi connectivity index (χ0) is 15.1. The minimum absolute atomic E-state index is 0.132. The normalized spacial score (nSPS) is 11.4. The molecule has 0 aliphatic heterocycles. The Hall–Kier alpha value is -1.19. The summed E-state index contributed by atoms with van der Waals surface area (Å²) >= 11 is 0. The third-order valence-electron chi connectivity index (χ3n) is 2.98. The van der Waals surface area contributed by atoms with E-state index in [0.29, 0.717) is 13.2 Å². The van der Waals surface area contributed by atoms with Crippen molar-refractivity contribution in [3.8, 4) is 0 Å². The second kappa shape index (κ2) is 14.2. The summed E-state index contributed by atoms with van der Waals surface area (Å²) in [6.45, 7) is 5.19. The van der Waals surface area contributed by atoms with Gasteiger partial charge in [-0.15, -0.1) is 0 Å². The van der Waals surface area contributed by atoms with E-state index in [1.54, 1.807) is 0 Å². The maximum atomic E-state index is 11.4. The van der Waals surface area contributed by atoms with E-state index < -0.39 is 5.97 Å². The average molecular weight is 285 g/mol. The third-order valence-corrected chi connectivity index (χ3v) is 2.98. The summed E-state index contributed by atoms with van der Waals surface area (Å²) < 4.78 is 10.2.